The van der Waals surface area contributed by atoms with E-state index in [4.69, 9.17) is 0 Å². The molecule has 1 aliphatic heterocycles. The van der Waals surface area contributed by atoms with Crippen LogP contribution in [0.5, 0.6) is 0 Å². The Hall–Kier alpha value is -0.0400. The molecule has 0 aliphatic carbocycles. The largest absolute Gasteiger partial charge is 0.457 e. The van der Waals surface area contributed by atoms with Crippen molar-refractivity contribution in [1.82, 2.24) is 4.90 Å². The molecule has 1 rings (SSSR count). The molecular formula is C9H18N-. The van der Waals surface area contributed by atoms with Crippen LogP contribution in [0.3, 0.4) is 0 Å². The van der Waals surface area contributed by atoms with Gasteiger partial charge in [-0.1, -0.05) is 13.8 Å². The molecule has 0 saturated carbocycles. The Morgan fingerprint density at radius 3 is 2.70 bits per heavy atom. The van der Waals surface area contributed by atoms with Gasteiger partial charge < -0.3 is 4.90 Å². The molecule has 0 radical (unpaired) electrons. The van der Waals surface area contributed by atoms with E-state index in [1.807, 2.05) is 0 Å². The van der Waals surface area contributed by atoms with Gasteiger partial charge in [-0.2, -0.15) is 0 Å². The van der Waals surface area contributed by atoms with Crippen molar-refractivity contribution in [2.45, 2.75) is 39.2 Å². The quantitative estimate of drug-likeness (QED) is 0.532. The third-order valence-electron chi connectivity index (χ3n) is 2.24. The maximum Gasteiger partial charge on any atom is -0.0182 e. The minimum absolute atomic E-state index is 0.778. The number of nitrogens with zero attached hydrogens (tertiary/aromatic N) is 1. The van der Waals surface area contributed by atoms with Crippen LogP contribution in [0.25, 0.3) is 0 Å². The molecule has 1 aliphatic rings. The molecule has 0 aromatic rings. The van der Waals surface area contributed by atoms with Crippen molar-refractivity contribution in [3.05, 3.63) is 7.05 Å². The van der Waals surface area contributed by atoms with Crippen LogP contribution in [0.2, 0.25) is 0 Å². The minimum atomic E-state index is 0.778. The summed E-state index contributed by atoms with van der Waals surface area (Å²) in [5.74, 6) is 0.826. The standard InChI is InChI=1S/C9H18N/c1-8(2)7-9-5-4-6-10(9)3/h8-9H,3-7H2,1-2H3/q-1. The van der Waals surface area contributed by atoms with E-state index in [1.54, 1.807) is 0 Å². The van der Waals surface area contributed by atoms with Crippen molar-refractivity contribution in [2.24, 2.45) is 5.92 Å². The van der Waals surface area contributed by atoms with Gasteiger partial charge in [0.15, 0.2) is 0 Å². The summed E-state index contributed by atoms with van der Waals surface area (Å²) in [7, 11) is 4.01. The van der Waals surface area contributed by atoms with Crippen molar-refractivity contribution < 1.29 is 0 Å². The van der Waals surface area contributed by atoms with E-state index in [1.165, 1.54) is 25.8 Å². The number of likely N-dealkylation sites (tertiary alicyclic amines) is 1. The molecule has 1 saturated heterocycles. The predicted octanol–water partition coefficient (Wildman–Crippen LogP) is 2.29. The first-order valence-corrected chi connectivity index (χ1v) is 4.27. The molecule has 1 atom stereocenters. The summed E-state index contributed by atoms with van der Waals surface area (Å²) in [6, 6.07) is 0.778. The molecule has 0 bridgehead atoms. The first-order valence-electron chi connectivity index (χ1n) is 4.27. The zero-order chi connectivity index (χ0) is 7.56. The van der Waals surface area contributed by atoms with E-state index in [0.29, 0.717) is 0 Å². The molecule has 1 heterocycles. The summed E-state index contributed by atoms with van der Waals surface area (Å²) < 4.78 is 0. The highest BCUT2D eigenvalue weighted by Gasteiger charge is 2.16. The molecule has 0 N–H and O–H groups in total. The molecule has 1 unspecified atom stereocenters. The molecule has 0 aromatic carbocycles. The first kappa shape index (κ1) is 8.06. The molecule has 1 fully saturated rings. The third kappa shape index (κ3) is 1.98. The molecule has 1 nitrogen and oxygen atoms in total. The average Bonchev–Trinajstić information content (AvgIpc) is 2.15. The maximum absolute atomic E-state index is 4.01. The second kappa shape index (κ2) is 3.38. The lowest BCUT2D eigenvalue weighted by molar-refractivity contribution is 0.299. The Balaban J connectivity index is 2.26. The molecule has 60 valence electrons. The normalized spacial score (nSPS) is 28.2. The minimum Gasteiger partial charge on any atom is -0.457 e. The Bertz CT molecular complexity index is 98.9. The second-order valence-corrected chi connectivity index (χ2v) is 3.74. The van der Waals surface area contributed by atoms with E-state index < -0.39 is 0 Å². The predicted molar refractivity (Wildman–Crippen MR) is 44.5 cm³/mol. The van der Waals surface area contributed by atoms with E-state index in [9.17, 15) is 0 Å². The molecular weight excluding hydrogens is 122 g/mol. The monoisotopic (exact) mass is 140 g/mol. The highest BCUT2D eigenvalue weighted by molar-refractivity contribution is 4.78. The SMILES string of the molecule is [CH2-]N1CCCC1CC(C)C. The van der Waals surface area contributed by atoms with Crippen molar-refractivity contribution in [3.63, 3.8) is 0 Å². The Morgan fingerprint density at radius 1 is 1.60 bits per heavy atom. The first-order chi connectivity index (χ1) is 4.70. The topological polar surface area (TPSA) is 3.24 Å². The van der Waals surface area contributed by atoms with Gasteiger partial charge in [-0.25, -0.2) is 0 Å². The van der Waals surface area contributed by atoms with Gasteiger partial charge in [-0.15, -0.1) is 0 Å². The number of hydrogen-bond donors (Lipinski definition) is 0. The van der Waals surface area contributed by atoms with Crippen LogP contribution >= 0.6 is 0 Å². The summed E-state index contributed by atoms with van der Waals surface area (Å²) >= 11 is 0. The van der Waals surface area contributed by atoms with Gasteiger partial charge in [0.2, 0.25) is 0 Å². The Labute approximate surface area is 64.4 Å². The summed E-state index contributed by atoms with van der Waals surface area (Å²) in [6.45, 7) is 5.77. The fourth-order valence-corrected chi connectivity index (χ4v) is 1.71. The molecule has 0 aromatic heterocycles. The van der Waals surface area contributed by atoms with Gasteiger partial charge in [0.05, 0.1) is 0 Å². The zero-order valence-electron chi connectivity index (χ0n) is 7.14. The van der Waals surface area contributed by atoms with Crippen LogP contribution in [-0.4, -0.2) is 17.5 Å². The fourth-order valence-electron chi connectivity index (χ4n) is 1.71. The van der Waals surface area contributed by atoms with E-state index in [0.717, 1.165) is 12.0 Å². The van der Waals surface area contributed by atoms with Crippen LogP contribution in [0, 0.1) is 13.0 Å². The molecule has 1 heteroatoms. The third-order valence-corrected chi connectivity index (χ3v) is 2.24. The summed E-state index contributed by atoms with van der Waals surface area (Å²) in [5.41, 5.74) is 0. The maximum atomic E-state index is 4.01. The lowest BCUT2D eigenvalue weighted by atomic mass is 10.0. The zero-order valence-corrected chi connectivity index (χ0v) is 7.14. The Kier molecular flexibility index (Phi) is 2.72. The summed E-state index contributed by atoms with van der Waals surface area (Å²) in [4.78, 5) is 2.25. The van der Waals surface area contributed by atoms with Gasteiger partial charge in [-0.05, 0) is 37.8 Å². The smallest absolute Gasteiger partial charge is 0.0182 e. The van der Waals surface area contributed by atoms with Gasteiger partial charge in [-0.3, -0.25) is 7.05 Å². The van der Waals surface area contributed by atoms with Crippen LogP contribution in [0.1, 0.15) is 33.1 Å². The van der Waals surface area contributed by atoms with Gasteiger partial charge in [0, 0.05) is 0 Å². The molecule has 0 spiro atoms. The summed E-state index contributed by atoms with van der Waals surface area (Å²) in [5, 5.41) is 0. The Morgan fingerprint density at radius 2 is 2.30 bits per heavy atom. The van der Waals surface area contributed by atoms with Crippen molar-refractivity contribution in [2.75, 3.05) is 6.54 Å². The van der Waals surface area contributed by atoms with Gasteiger partial charge in [0.25, 0.3) is 0 Å². The van der Waals surface area contributed by atoms with Crippen LogP contribution in [0.4, 0.5) is 0 Å². The van der Waals surface area contributed by atoms with E-state index >= 15 is 0 Å². The fraction of sp³-hybridized carbons (Fsp3) is 0.889. The van der Waals surface area contributed by atoms with E-state index in [-0.39, 0.29) is 0 Å². The molecule has 0 amide bonds. The van der Waals surface area contributed by atoms with Crippen molar-refractivity contribution in [3.8, 4) is 0 Å². The lowest BCUT2D eigenvalue weighted by Crippen LogP contribution is -2.24. The summed E-state index contributed by atoms with van der Waals surface area (Å²) in [6.07, 6.45) is 4.03. The molecule has 10 heavy (non-hydrogen) atoms. The second-order valence-electron chi connectivity index (χ2n) is 3.74. The average molecular weight is 140 g/mol. The van der Waals surface area contributed by atoms with Crippen LogP contribution in [-0.2, 0) is 0 Å². The highest BCUT2D eigenvalue weighted by Crippen LogP contribution is 2.21. The van der Waals surface area contributed by atoms with Gasteiger partial charge in [0.1, 0.15) is 0 Å². The van der Waals surface area contributed by atoms with Crippen LogP contribution < -0.4 is 0 Å². The van der Waals surface area contributed by atoms with Gasteiger partial charge >= 0.3 is 0 Å². The van der Waals surface area contributed by atoms with Crippen LogP contribution in [0.15, 0.2) is 0 Å². The lowest BCUT2D eigenvalue weighted by Gasteiger charge is -2.28. The van der Waals surface area contributed by atoms with E-state index in [2.05, 4.69) is 25.8 Å². The van der Waals surface area contributed by atoms with Crippen molar-refractivity contribution in [1.29, 1.82) is 0 Å². The number of rotatable bonds is 2. The van der Waals surface area contributed by atoms with Crippen molar-refractivity contribution >= 4 is 0 Å². The number of hydrogen-bond acceptors (Lipinski definition) is 1. The highest BCUT2D eigenvalue weighted by atomic mass is 15.1.